The highest BCUT2D eigenvalue weighted by Gasteiger charge is 2.39. The Hall–Kier alpha value is -2.31. The number of aromatic nitrogens is 2. The summed E-state index contributed by atoms with van der Waals surface area (Å²) >= 11 is 0. The van der Waals surface area contributed by atoms with Crippen LogP contribution in [-0.2, 0) is 10.9 Å². The van der Waals surface area contributed by atoms with Crippen molar-refractivity contribution in [3.05, 3.63) is 41.2 Å². The summed E-state index contributed by atoms with van der Waals surface area (Å²) in [5, 5.41) is 0. The number of aromatic amines is 1. The maximum Gasteiger partial charge on any atom is 0.433 e. The molecule has 0 radical (unpaired) electrons. The maximum absolute atomic E-state index is 13.0. The summed E-state index contributed by atoms with van der Waals surface area (Å²) in [4.78, 5) is 17.6. The summed E-state index contributed by atoms with van der Waals surface area (Å²) < 4.78 is 43.6. The maximum atomic E-state index is 13.0. The third kappa shape index (κ3) is 3.07. The number of aryl methyl sites for hydroxylation is 1. The molecule has 0 saturated heterocycles. The Balaban J connectivity index is 2.56. The number of hydrogen-bond acceptors (Lipinski definition) is 3. The lowest BCUT2D eigenvalue weighted by Crippen LogP contribution is -2.15. The first kappa shape index (κ1) is 15.1. The molecule has 21 heavy (non-hydrogen) atoms. The number of imidazole rings is 1. The van der Waals surface area contributed by atoms with Gasteiger partial charge in [0.15, 0.2) is 11.4 Å². The first-order chi connectivity index (χ1) is 9.84. The quantitative estimate of drug-likeness (QED) is 0.881. The van der Waals surface area contributed by atoms with Crippen molar-refractivity contribution in [2.45, 2.75) is 20.0 Å². The Labute approximate surface area is 119 Å². The summed E-state index contributed by atoms with van der Waals surface area (Å²) in [6.07, 6.45) is -4.71. The van der Waals surface area contributed by atoms with E-state index in [2.05, 4.69) is 14.7 Å². The van der Waals surface area contributed by atoms with Gasteiger partial charge in [-0.05, 0) is 19.4 Å². The molecular weight excluding hydrogens is 285 g/mol. The number of rotatable bonds is 3. The number of H-pyrrole nitrogens is 1. The molecule has 0 aliphatic carbocycles. The first-order valence-electron chi connectivity index (χ1n) is 6.25. The van der Waals surface area contributed by atoms with E-state index >= 15 is 0 Å². The minimum absolute atomic E-state index is 0.0107. The van der Waals surface area contributed by atoms with Crippen LogP contribution in [0, 0.1) is 6.92 Å². The second-order valence-electron chi connectivity index (χ2n) is 4.34. The number of nitrogens with zero attached hydrogens (tertiary/aromatic N) is 1. The highest BCUT2D eigenvalue weighted by atomic mass is 19.4. The summed E-state index contributed by atoms with van der Waals surface area (Å²) in [5.74, 6) is -1.11. The van der Waals surface area contributed by atoms with Gasteiger partial charge in [0.1, 0.15) is 5.82 Å². The van der Waals surface area contributed by atoms with Gasteiger partial charge in [0, 0.05) is 5.56 Å². The Morgan fingerprint density at radius 3 is 2.57 bits per heavy atom. The van der Waals surface area contributed by atoms with Gasteiger partial charge in [-0.1, -0.05) is 24.3 Å². The van der Waals surface area contributed by atoms with Gasteiger partial charge in [0.05, 0.1) is 6.61 Å². The molecule has 1 heterocycles. The van der Waals surface area contributed by atoms with Crippen molar-refractivity contribution in [2.24, 2.45) is 0 Å². The average molecular weight is 298 g/mol. The summed E-state index contributed by atoms with van der Waals surface area (Å²) in [6.45, 7) is 3.23. The van der Waals surface area contributed by atoms with E-state index in [4.69, 9.17) is 0 Å². The number of ether oxygens (including phenoxy) is 1. The SMILES string of the molecule is CCOC(=O)c1nc(-c2ccccc2C)[nH]c1C(F)(F)F. The third-order valence-corrected chi connectivity index (χ3v) is 2.86. The molecule has 0 saturated carbocycles. The molecule has 0 aliphatic heterocycles. The van der Waals surface area contributed by atoms with E-state index < -0.39 is 23.5 Å². The third-order valence-electron chi connectivity index (χ3n) is 2.86. The molecule has 1 aromatic heterocycles. The van der Waals surface area contributed by atoms with Crippen LogP contribution < -0.4 is 0 Å². The largest absolute Gasteiger partial charge is 0.461 e. The molecule has 2 aromatic rings. The lowest BCUT2D eigenvalue weighted by Gasteiger charge is -2.05. The van der Waals surface area contributed by atoms with Gasteiger partial charge in [-0.2, -0.15) is 13.2 Å². The van der Waals surface area contributed by atoms with Crippen LogP contribution in [-0.4, -0.2) is 22.5 Å². The monoisotopic (exact) mass is 298 g/mol. The van der Waals surface area contributed by atoms with Crippen molar-refractivity contribution in [1.82, 2.24) is 9.97 Å². The normalized spacial score (nSPS) is 11.5. The van der Waals surface area contributed by atoms with Crippen LogP contribution in [0.3, 0.4) is 0 Å². The standard InChI is InChI=1S/C14H13F3N2O2/c1-3-21-13(20)10-11(14(15,16)17)19-12(18-10)9-7-5-4-6-8(9)2/h4-7H,3H2,1-2H3,(H,18,19). The highest BCUT2D eigenvalue weighted by Crippen LogP contribution is 2.33. The van der Waals surface area contributed by atoms with Gasteiger partial charge in [0.25, 0.3) is 0 Å². The Morgan fingerprint density at radius 1 is 1.33 bits per heavy atom. The number of carbonyl (C=O) groups excluding carboxylic acids is 1. The van der Waals surface area contributed by atoms with Crippen LogP contribution in [0.25, 0.3) is 11.4 Å². The molecule has 0 amide bonds. The van der Waals surface area contributed by atoms with E-state index in [0.717, 1.165) is 5.56 Å². The Morgan fingerprint density at radius 2 is 2.00 bits per heavy atom. The van der Waals surface area contributed by atoms with Crippen LogP contribution in [0.4, 0.5) is 13.2 Å². The van der Waals surface area contributed by atoms with E-state index in [1.165, 1.54) is 6.92 Å². The van der Waals surface area contributed by atoms with Gasteiger partial charge in [-0.15, -0.1) is 0 Å². The van der Waals surface area contributed by atoms with Gasteiger partial charge in [0.2, 0.25) is 0 Å². The van der Waals surface area contributed by atoms with Crippen molar-refractivity contribution in [3.8, 4) is 11.4 Å². The number of halogens is 3. The number of alkyl halides is 3. The van der Waals surface area contributed by atoms with Gasteiger partial charge < -0.3 is 9.72 Å². The number of esters is 1. The fourth-order valence-electron chi connectivity index (χ4n) is 1.89. The van der Waals surface area contributed by atoms with Crippen LogP contribution >= 0.6 is 0 Å². The second-order valence-corrected chi connectivity index (χ2v) is 4.34. The zero-order chi connectivity index (χ0) is 15.6. The van der Waals surface area contributed by atoms with E-state index in [0.29, 0.717) is 5.56 Å². The van der Waals surface area contributed by atoms with E-state index in [1.807, 2.05) is 0 Å². The van der Waals surface area contributed by atoms with Gasteiger partial charge in [-0.25, -0.2) is 9.78 Å². The predicted octanol–water partition coefficient (Wildman–Crippen LogP) is 3.58. The lowest BCUT2D eigenvalue weighted by molar-refractivity contribution is -0.141. The lowest BCUT2D eigenvalue weighted by atomic mass is 10.1. The fourth-order valence-corrected chi connectivity index (χ4v) is 1.89. The van der Waals surface area contributed by atoms with Gasteiger partial charge >= 0.3 is 12.1 Å². The van der Waals surface area contributed by atoms with Crippen LogP contribution in [0.2, 0.25) is 0 Å². The minimum Gasteiger partial charge on any atom is -0.461 e. The predicted molar refractivity (Wildman–Crippen MR) is 69.7 cm³/mol. The molecule has 0 atom stereocenters. The molecule has 0 bridgehead atoms. The zero-order valence-corrected chi connectivity index (χ0v) is 11.4. The summed E-state index contributed by atoms with van der Waals surface area (Å²) in [7, 11) is 0. The van der Waals surface area contributed by atoms with E-state index in [9.17, 15) is 18.0 Å². The summed E-state index contributed by atoms with van der Waals surface area (Å²) in [5.41, 5.74) is -0.698. The molecule has 4 nitrogen and oxygen atoms in total. The second kappa shape index (κ2) is 5.59. The molecule has 0 spiro atoms. The average Bonchev–Trinajstić information content (AvgIpc) is 2.84. The van der Waals surface area contributed by atoms with Crippen molar-refractivity contribution in [2.75, 3.05) is 6.61 Å². The molecule has 112 valence electrons. The molecule has 2 rings (SSSR count). The van der Waals surface area contributed by atoms with Crippen molar-refractivity contribution in [1.29, 1.82) is 0 Å². The molecule has 1 N–H and O–H groups in total. The van der Waals surface area contributed by atoms with Crippen LogP contribution in [0.15, 0.2) is 24.3 Å². The molecule has 7 heteroatoms. The van der Waals surface area contributed by atoms with Crippen LogP contribution in [0.5, 0.6) is 0 Å². The number of benzene rings is 1. The molecule has 1 aromatic carbocycles. The number of hydrogen-bond donors (Lipinski definition) is 1. The summed E-state index contributed by atoms with van der Waals surface area (Å²) in [6, 6.07) is 6.82. The fraction of sp³-hybridized carbons (Fsp3) is 0.286. The molecule has 0 aliphatic rings. The van der Waals surface area contributed by atoms with E-state index in [-0.39, 0.29) is 12.4 Å². The van der Waals surface area contributed by atoms with Crippen molar-refractivity contribution < 1.29 is 22.7 Å². The van der Waals surface area contributed by atoms with Gasteiger partial charge in [-0.3, -0.25) is 0 Å². The Kier molecular flexibility index (Phi) is 4.02. The van der Waals surface area contributed by atoms with Crippen molar-refractivity contribution >= 4 is 5.97 Å². The van der Waals surface area contributed by atoms with E-state index in [1.54, 1.807) is 31.2 Å². The number of carbonyl (C=O) groups is 1. The smallest absolute Gasteiger partial charge is 0.433 e. The molecule has 0 fully saturated rings. The zero-order valence-electron chi connectivity index (χ0n) is 11.4. The highest BCUT2D eigenvalue weighted by molar-refractivity contribution is 5.89. The molecular formula is C14H13F3N2O2. The Bertz CT molecular complexity index is 662. The number of nitrogens with one attached hydrogen (secondary N) is 1. The topological polar surface area (TPSA) is 55.0 Å². The minimum atomic E-state index is -4.71. The van der Waals surface area contributed by atoms with Crippen LogP contribution in [0.1, 0.15) is 28.7 Å². The van der Waals surface area contributed by atoms with Crippen molar-refractivity contribution in [3.63, 3.8) is 0 Å². The first-order valence-corrected chi connectivity index (χ1v) is 6.25. The molecule has 0 unspecified atom stereocenters.